The van der Waals surface area contributed by atoms with Crippen molar-refractivity contribution < 1.29 is 5.11 Å². The smallest absolute Gasteiger partial charge is 0.0699 e. The summed E-state index contributed by atoms with van der Waals surface area (Å²) in [6.45, 7) is 6.37. The molecular weight excluding hydrogens is 210 g/mol. The molecule has 0 fully saturated rings. The van der Waals surface area contributed by atoms with E-state index >= 15 is 0 Å². The third kappa shape index (κ3) is 2.01. The quantitative estimate of drug-likeness (QED) is 0.841. The van der Waals surface area contributed by atoms with Gasteiger partial charge in [-0.05, 0) is 44.0 Å². The average Bonchev–Trinajstić information content (AvgIpc) is 2.59. The number of hydrogen-bond acceptors (Lipinski definition) is 1. The second kappa shape index (κ2) is 4.38. The molecule has 17 heavy (non-hydrogen) atoms. The number of aromatic nitrogens is 1. The van der Waals surface area contributed by atoms with Crippen LogP contribution in [0, 0.1) is 20.8 Å². The molecule has 0 saturated carbocycles. The lowest BCUT2D eigenvalue weighted by molar-refractivity contribution is 0.281. The Bertz CT molecular complexity index is 552. The molecule has 1 heterocycles. The van der Waals surface area contributed by atoms with Crippen LogP contribution in [-0.2, 0) is 13.7 Å². The number of benzene rings is 1. The summed E-state index contributed by atoms with van der Waals surface area (Å²) in [6.07, 6.45) is 0. The van der Waals surface area contributed by atoms with Crippen LogP contribution in [0.4, 0.5) is 0 Å². The van der Waals surface area contributed by atoms with E-state index in [1.54, 1.807) is 0 Å². The molecule has 2 heteroatoms. The van der Waals surface area contributed by atoms with Crippen molar-refractivity contribution in [2.45, 2.75) is 27.4 Å². The minimum absolute atomic E-state index is 0.102. The van der Waals surface area contributed by atoms with E-state index in [1.165, 1.54) is 22.4 Å². The van der Waals surface area contributed by atoms with Gasteiger partial charge in [0.15, 0.2) is 0 Å². The fourth-order valence-corrected chi connectivity index (χ4v) is 2.19. The SMILES string of the molecule is Cc1ccc(C)c(-c2cc(CO)c(C)n2C)c1. The zero-order valence-corrected chi connectivity index (χ0v) is 10.9. The summed E-state index contributed by atoms with van der Waals surface area (Å²) in [5.41, 5.74) is 7.07. The number of rotatable bonds is 2. The van der Waals surface area contributed by atoms with E-state index in [1.807, 2.05) is 14.0 Å². The molecule has 0 aliphatic heterocycles. The summed E-state index contributed by atoms with van der Waals surface area (Å²) in [7, 11) is 2.05. The summed E-state index contributed by atoms with van der Waals surface area (Å²) in [6, 6.07) is 8.55. The van der Waals surface area contributed by atoms with Gasteiger partial charge in [0, 0.05) is 24.0 Å². The van der Waals surface area contributed by atoms with Gasteiger partial charge in [-0.15, -0.1) is 0 Å². The highest BCUT2D eigenvalue weighted by Gasteiger charge is 2.11. The normalized spacial score (nSPS) is 10.9. The molecule has 0 saturated heterocycles. The Hall–Kier alpha value is -1.54. The zero-order chi connectivity index (χ0) is 12.6. The predicted octanol–water partition coefficient (Wildman–Crippen LogP) is 3.11. The maximum absolute atomic E-state index is 9.31. The topological polar surface area (TPSA) is 25.2 Å². The minimum atomic E-state index is 0.102. The van der Waals surface area contributed by atoms with Crippen molar-refractivity contribution in [2.24, 2.45) is 7.05 Å². The van der Waals surface area contributed by atoms with Gasteiger partial charge < -0.3 is 9.67 Å². The van der Waals surface area contributed by atoms with Crippen molar-refractivity contribution in [2.75, 3.05) is 0 Å². The predicted molar refractivity (Wildman–Crippen MR) is 71.0 cm³/mol. The summed E-state index contributed by atoms with van der Waals surface area (Å²) in [5.74, 6) is 0. The van der Waals surface area contributed by atoms with Gasteiger partial charge in [-0.1, -0.05) is 17.7 Å². The van der Waals surface area contributed by atoms with E-state index in [-0.39, 0.29) is 6.61 Å². The van der Waals surface area contributed by atoms with Gasteiger partial charge >= 0.3 is 0 Å². The molecule has 0 amide bonds. The van der Waals surface area contributed by atoms with Crippen molar-refractivity contribution >= 4 is 0 Å². The maximum Gasteiger partial charge on any atom is 0.0699 e. The number of aryl methyl sites for hydroxylation is 2. The first-order valence-electron chi connectivity index (χ1n) is 5.88. The first kappa shape index (κ1) is 11.9. The molecule has 1 aromatic heterocycles. The fraction of sp³-hybridized carbons (Fsp3) is 0.333. The molecule has 0 aliphatic carbocycles. The summed E-state index contributed by atoms with van der Waals surface area (Å²) in [4.78, 5) is 0. The Kier molecular flexibility index (Phi) is 3.07. The average molecular weight is 229 g/mol. The largest absolute Gasteiger partial charge is 0.392 e. The molecule has 0 aliphatic rings. The van der Waals surface area contributed by atoms with E-state index in [0.29, 0.717) is 0 Å². The number of hydrogen-bond donors (Lipinski definition) is 1. The molecule has 1 N–H and O–H groups in total. The van der Waals surface area contributed by atoms with Crippen LogP contribution in [0.25, 0.3) is 11.3 Å². The van der Waals surface area contributed by atoms with E-state index in [9.17, 15) is 5.11 Å². The highest BCUT2D eigenvalue weighted by Crippen LogP contribution is 2.28. The standard InChI is InChI=1S/C15H19NO/c1-10-5-6-11(2)14(7-10)15-8-13(9-17)12(3)16(15)4/h5-8,17H,9H2,1-4H3. The second-order valence-electron chi connectivity index (χ2n) is 4.68. The van der Waals surface area contributed by atoms with Crippen LogP contribution < -0.4 is 0 Å². The Balaban J connectivity index is 2.64. The van der Waals surface area contributed by atoms with Crippen LogP contribution in [0.5, 0.6) is 0 Å². The lowest BCUT2D eigenvalue weighted by Crippen LogP contribution is -1.96. The molecule has 0 atom stereocenters. The summed E-state index contributed by atoms with van der Waals surface area (Å²) in [5, 5.41) is 9.31. The van der Waals surface area contributed by atoms with Crippen molar-refractivity contribution in [1.82, 2.24) is 4.57 Å². The van der Waals surface area contributed by atoms with E-state index in [0.717, 1.165) is 11.3 Å². The Labute approximate surface area is 103 Å². The van der Waals surface area contributed by atoms with E-state index < -0.39 is 0 Å². The molecule has 2 aromatic rings. The lowest BCUT2D eigenvalue weighted by atomic mass is 10.0. The third-order valence-electron chi connectivity index (χ3n) is 3.48. The van der Waals surface area contributed by atoms with Crippen LogP contribution in [0.3, 0.4) is 0 Å². The van der Waals surface area contributed by atoms with Gasteiger partial charge in [0.1, 0.15) is 0 Å². The van der Waals surface area contributed by atoms with Crippen LogP contribution in [0.2, 0.25) is 0 Å². The van der Waals surface area contributed by atoms with Crippen LogP contribution in [-0.4, -0.2) is 9.67 Å². The molecule has 2 rings (SSSR count). The molecule has 0 radical (unpaired) electrons. The van der Waals surface area contributed by atoms with Crippen LogP contribution in [0.1, 0.15) is 22.4 Å². The molecule has 0 bridgehead atoms. The molecular formula is C15H19NO. The lowest BCUT2D eigenvalue weighted by Gasteiger charge is -2.09. The van der Waals surface area contributed by atoms with Gasteiger partial charge in [-0.3, -0.25) is 0 Å². The van der Waals surface area contributed by atoms with Crippen molar-refractivity contribution in [1.29, 1.82) is 0 Å². The Morgan fingerprint density at radius 2 is 1.82 bits per heavy atom. The highest BCUT2D eigenvalue weighted by atomic mass is 16.3. The summed E-state index contributed by atoms with van der Waals surface area (Å²) < 4.78 is 2.15. The second-order valence-corrected chi connectivity index (χ2v) is 4.68. The monoisotopic (exact) mass is 229 g/mol. The van der Waals surface area contributed by atoms with Crippen molar-refractivity contribution in [3.8, 4) is 11.3 Å². The van der Waals surface area contributed by atoms with Crippen LogP contribution in [0.15, 0.2) is 24.3 Å². The molecule has 90 valence electrons. The van der Waals surface area contributed by atoms with Gasteiger partial charge in [0.2, 0.25) is 0 Å². The van der Waals surface area contributed by atoms with Crippen molar-refractivity contribution in [3.05, 3.63) is 46.6 Å². The third-order valence-corrected chi connectivity index (χ3v) is 3.48. The highest BCUT2D eigenvalue weighted by molar-refractivity contribution is 5.67. The van der Waals surface area contributed by atoms with Gasteiger partial charge in [0.25, 0.3) is 0 Å². The first-order chi connectivity index (χ1) is 8.04. The fourth-order valence-electron chi connectivity index (χ4n) is 2.19. The van der Waals surface area contributed by atoms with E-state index in [2.05, 4.69) is 42.7 Å². The van der Waals surface area contributed by atoms with Gasteiger partial charge in [-0.25, -0.2) is 0 Å². The maximum atomic E-state index is 9.31. The first-order valence-corrected chi connectivity index (χ1v) is 5.88. The Morgan fingerprint density at radius 3 is 2.41 bits per heavy atom. The van der Waals surface area contributed by atoms with Gasteiger partial charge in [-0.2, -0.15) is 0 Å². The number of aliphatic hydroxyl groups excluding tert-OH is 1. The van der Waals surface area contributed by atoms with Crippen LogP contribution >= 0.6 is 0 Å². The molecule has 2 nitrogen and oxygen atoms in total. The van der Waals surface area contributed by atoms with Gasteiger partial charge in [0.05, 0.1) is 6.61 Å². The minimum Gasteiger partial charge on any atom is -0.392 e. The molecule has 1 aromatic carbocycles. The molecule has 0 spiro atoms. The van der Waals surface area contributed by atoms with E-state index in [4.69, 9.17) is 0 Å². The zero-order valence-electron chi connectivity index (χ0n) is 10.9. The number of nitrogens with zero attached hydrogens (tertiary/aromatic N) is 1. The van der Waals surface area contributed by atoms with Crippen molar-refractivity contribution in [3.63, 3.8) is 0 Å². The Morgan fingerprint density at radius 1 is 1.12 bits per heavy atom. The molecule has 0 unspecified atom stereocenters. The number of aliphatic hydroxyl groups is 1. The summed E-state index contributed by atoms with van der Waals surface area (Å²) >= 11 is 0.